The van der Waals surface area contributed by atoms with E-state index in [2.05, 4.69) is 10.1 Å². The molecule has 1 rings (SSSR count). The lowest BCUT2D eigenvalue weighted by Crippen LogP contribution is -2.32. The Hall–Kier alpha value is -0.830. The highest BCUT2D eigenvalue weighted by Gasteiger charge is 2.30. The summed E-state index contributed by atoms with van der Waals surface area (Å²) in [5.41, 5.74) is 0. The normalized spacial score (nSPS) is 22.9. The fraction of sp³-hybridized carbons (Fsp3) is 0.889. The van der Waals surface area contributed by atoms with Gasteiger partial charge in [0.1, 0.15) is 0 Å². The summed E-state index contributed by atoms with van der Waals surface area (Å²) < 4.78 is 61.3. The number of sulfone groups is 1. The highest BCUT2D eigenvalue weighted by Crippen LogP contribution is 2.15. The van der Waals surface area contributed by atoms with Crippen LogP contribution in [0.25, 0.3) is 0 Å². The van der Waals surface area contributed by atoms with E-state index >= 15 is 0 Å². The smallest absolute Gasteiger partial charge is 0.422 e. The quantitative estimate of drug-likeness (QED) is 0.735. The molecule has 18 heavy (non-hydrogen) atoms. The van der Waals surface area contributed by atoms with Crippen molar-refractivity contribution in [2.45, 2.75) is 25.1 Å². The Bertz CT molecular complexity index is 393. The van der Waals surface area contributed by atoms with Crippen LogP contribution in [0.1, 0.15) is 12.8 Å². The summed E-state index contributed by atoms with van der Waals surface area (Å²) >= 11 is 0. The largest absolute Gasteiger partial charge is 0.456 e. The zero-order chi connectivity index (χ0) is 13.8. The van der Waals surface area contributed by atoms with Crippen molar-refractivity contribution in [3.63, 3.8) is 0 Å². The molecule has 5 nitrogen and oxygen atoms in total. The van der Waals surface area contributed by atoms with Crippen LogP contribution in [-0.4, -0.2) is 51.3 Å². The van der Waals surface area contributed by atoms with Crippen LogP contribution >= 0.6 is 0 Å². The fourth-order valence-electron chi connectivity index (χ4n) is 1.57. The van der Waals surface area contributed by atoms with Crippen molar-refractivity contribution in [3.05, 3.63) is 0 Å². The Balaban J connectivity index is 2.13. The third-order valence-electron chi connectivity index (χ3n) is 2.39. The van der Waals surface area contributed by atoms with Crippen molar-refractivity contribution in [1.29, 1.82) is 0 Å². The second-order valence-electron chi connectivity index (χ2n) is 4.08. The predicted octanol–water partition coefficient (Wildman–Crippen LogP) is 0.259. The minimum atomic E-state index is -4.53. The van der Waals surface area contributed by atoms with Crippen molar-refractivity contribution in [3.8, 4) is 0 Å². The lowest BCUT2D eigenvalue weighted by Gasteiger charge is -2.11. The first-order valence-electron chi connectivity index (χ1n) is 5.34. The maximum absolute atomic E-state index is 11.7. The Labute approximate surface area is 103 Å². The number of hydrogen-bond acceptors (Lipinski definition) is 5. The van der Waals surface area contributed by atoms with Crippen molar-refractivity contribution >= 4 is 15.8 Å². The molecule has 0 spiro atoms. The topological polar surface area (TPSA) is 72.5 Å². The van der Waals surface area contributed by atoms with Crippen LogP contribution in [0.4, 0.5) is 13.2 Å². The summed E-state index contributed by atoms with van der Waals surface area (Å²) in [4.78, 5) is 10.9. The molecule has 0 aromatic carbocycles. The molecular formula is C9H14F3NO4S. The summed E-state index contributed by atoms with van der Waals surface area (Å²) in [6.07, 6.45) is -4.28. The van der Waals surface area contributed by atoms with E-state index in [1.807, 2.05) is 0 Å². The van der Waals surface area contributed by atoms with Gasteiger partial charge >= 0.3 is 12.1 Å². The van der Waals surface area contributed by atoms with Gasteiger partial charge in [-0.15, -0.1) is 0 Å². The Kier molecular flexibility index (Phi) is 4.97. The molecule has 1 heterocycles. The number of carbonyl (C=O) groups excluding carboxylic acids is 1. The average molecular weight is 289 g/mol. The van der Waals surface area contributed by atoms with Gasteiger partial charge in [-0.1, -0.05) is 0 Å². The molecule has 0 aliphatic carbocycles. The number of carbonyl (C=O) groups is 1. The number of esters is 1. The van der Waals surface area contributed by atoms with E-state index in [-0.39, 0.29) is 30.5 Å². The molecule has 0 radical (unpaired) electrons. The lowest BCUT2D eigenvalue weighted by atomic mass is 10.2. The van der Waals surface area contributed by atoms with E-state index in [0.29, 0.717) is 6.42 Å². The Morgan fingerprint density at radius 1 is 1.39 bits per heavy atom. The molecule has 1 fully saturated rings. The SMILES string of the molecule is O=C(CCN[C@@H]1CCS(=O)(=O)C1)OCC(F)(F)F. The van der Waals surface area contributed by atoms with Crippen LogP contribution in [-0.2, 0) is 19.4 Å². The van der Waals surface area contributed by atoms with Crippen molar-refractivity contribution < 1.29 is 31.1 Å². The van der Waals surface area contributed by atoms with Gasteiger partial charge in [0.2, 0.25) is 0 Å². The maximum Gasteiger partial charge on any atom is 0.422 e. The molecule has 0 aromatic rings. The molecule has 9 heteroatoms. The van der Waals surface area contributed by atoms with Gasteiger partial charge in [0.25, 0.3) is 0 Å². The molecular weight excluding hydrogens is 275 g/mol. The van der Waals surface area contributed by atoms with Gasteiger partial charge in [0.15, 0.2) is 16.4 Å². The second kappa shape index (κ2) is 5.87. The number of nitrogens with one attached hydrogen (secondary N) is 1. The Morgan fingerprint density at radius 2 is 2.06 bits per heavy atom. The van der Waals surface area contributed by atoms with Crippen molar-refractivity contribution in [2.24, 2.45) is 0 Å². The van der Waals surface area contributed by atoms with Gasteiger partial charge in [0, 0.05) is 12.6 Å². The van der Waals surface area contributed by atoms with E-state index in [9.17, 15) is 26.4 Å². The van der Waals surface area contributed by atoms with Gasteiger partial charge in [-0.3, -0.25) is 4.79 Å². The summed E-state index contributed by atoms with van der Waals surface area (Å²) in [5, 5.41) is 2.80. The van der Waals surface area contributed by atoms with Gasteiger partial charge in [-0.25, -0.2) is 8.42 Å². The van der Waals surface area contributed by atoms with Gasteiger partial charge in [0.05, 0.1) is 17.9 Å². The first-order valence-corrected chi connectivity index (χ1v) is 7.16. The summed E-state index contributed by atoms with van der Waals surface area (Å²) in [6, 6.07) is -0.231. The first kappa shape index (κ1) is 15.2. The number of halogens is 3. The van der Waals surface area contributed by atoms with Gasteiger partial charge in [-0.2, -0.15) is 13.2 Å². The molecule has 1 aliphatic heterocycles. The van der Waals surface area contributed by atoms with Crippen molar-refractivity contribution in [2.75, 3.05) is 24.7 Å². The number of hydrogen-bond donors (Lipinski definition) is 1. The molecule has 0 amide bonds. The monoisotopic (exact) mass is 289 g/mol. The van der Waals surface area contributed by atoms with E-state index in [1.165, 1.54) is 0 Å². The number of rotatable bonds is 5. The molecule has 1 N–H and O–H groups in total. The van der Waals surface area contributed by atoms with E-state index < -0.39 is 28.6 Å². The molecule has 1 aliphatic rings. The molecule has 1 saturated heterocycles. The average Bonchev–Trinajstić information content (AvgIpc) is 2.54. The van der Waals surface area contributed by atoms with Gasteiger partial charge in [-0.05, 0) is 6.42 Å². The third-order valence-corrected chi connectivity index (χ3v) is 4.16. The Morgan fingerprint density at radius 3 is 2.56 bits per heavy atom. The summed E-state index contributed by atoms with van der Waals surface area (Å²) in [7, 11) is -3.00. The van der Waals surface area contributed by atoms with Crippen LogP contribution in [0, 0.1) is 0 Å². The zero-order valence-electron chi connectivity index (χ0n) is 9.50. The highest BCUT2D eigenvalue weighted by molar-refractivity contribution is 7.91. The zero-order valence-corrected chi connectivity index (χ0v) is 10.3. The van der Waals surface area contributed by atoms with Crippen LogP contribution in [0.2, 0.25) is 0 Å². The van der Waals surface area contributed by atoms with E-state index in [4.69, 9.17) is 0 Å². The maximum atomic E-state index is 11.7. The van der Waals surface area contributed by atoms with Crippen LogP contribution in [0.3, 0.4) is 0 Å². The number of alkyl halides is 3. The lowest BCUT2D eigenvalue weighted by molar-refractivity contribution is -0.186. The second-order valence-corrected chi connectivity index (χ2v) is 6.31. The first-order chi connectivity index (χ1) is 8.18. The molecule has 0 saturated carbocycles. The molecule has 0 aromatic heterocycles. The predicted molar refractivity (Wildman–Crippen MR) is 56.7 cm³/mol. The molecule has 0 unspecified atom stereocenters. The van der Waals surface area contributed by atoms with Crippen LogP contribution < -0.4 is 5.32 Å². The van der Waals surface area contributed by atoms with Crippen LogP contribution in [0.5, 0.6) is 0 Å². The molecule has 0 bridgehead atoms. The minimum Gasteiger partial charge on any atom is -0.456 e. The van der Waals surface area contributed by atoms with E-state index in [1.54, 1.807) is 0 Å². The fourth-order valence-corrected chi connectivity index (χ4v) is 3.28. The summed E-state index contributed by atoms with van der Waals surface area (Å²) in [5.74, 6) is -0.853. The molecule has 106 valence electrons. The minimum absolute atomic E-state index is 0.00456. The summed E-state index contributed by atoms with van der Waals surface area (Å²) in [6.45, 7) is -1.49. The van der Waals surface area contributed by atoms with Crippen LogP contribution in [0.15, 0.2) is 0 Å². The van der Waals surface area contributed by atoms with Crippen molar-refractivity contribution in [1.82, 2.24) is 5.32 Å². The highest BCUT2D eigenvalue weighted by atomic mass is 32.2. The number of ether oxygens (including phenoxy) is 1. The standard InChI is InChI=1S/C9H14F3NO4S/c10-9(11,12)6-17-8(14)1-3-13-7-2-4-18(15,16)5-7/h7,13H,1-6H2/t7-/m1/s1. The molecule has 1 atom stereocenters. The van der Waals surface area contributed by atoms with E-state index in [0.717, 1.165) is 0 Å². The third kappa shape index (κ3) is 6.20. The van der Waals surface area contributed by atoms with Gasteiger partial charge < -0.3 is 10.1 Å².